The van der Waals surface area contributed by atoms with Gasteiger partial charge >= 0.3 is 0 Å². The summed E-state index contributed by atoms with van der Waals surface area (Å²) in [5.74, 6) is 0. The van der Waals surface area contributed by atoms with Crippen LogP contribution in [0.2, 0.25) is 0 Å². The largest absolute Gasteiger partial charge is 0.296 e. The zero-order valence-corrected chi connectivity index (χ0v) is 15.6. The number of fused-ring (bicyclic) bond motifs is 2. The molecule has 1 aromatic carbocycles. The van der Waals surface area contributed by atoms with Crippen molar-refractivity contribution in [1.29, 1.82) is 0 Å². The molecule has 0 amide bonds. The van der Waals surface area contributed by atoms with Gasteiger partial charge in [0.05, 0.1) is 28.7 Å². The molecule has 1 N–H and O–H groups in total. The van der Waals surface area contributed by atoms with Crippen LogP contribution in [0.15, 0.2) is 53.7 Å². The van der Waals surface area contributed by atoms with Gasteiger partial charge in [-0.25, -0.2) is 9.50 Å². The van der Waals surface area contributed by atoms with Crippen LogP contribution >= 0.6 is 0 Å². The Morgan fingerprint density at radius 1 is 1.04 bits per heavy atom. The summed E-state index contributed by atoms with van der Waals surface area (Å²) < 4.78 is 5.29. The van der Waals surface area contributed by atoms with Crippen LogP contribution in [-0.2, 0) is 13.1 Å². The van der Waals surface area contributed by atoms with Gasteiger partial charge in [-0.15, -0.1) is 0 Å². The lowest BCUT2D eigenvalue weighted by molar-refractivity contribution is 0.667. The standard InChI is InChI=1S/C20H19N7O/c1-3-25-17-6-5-13(9-14(17)11-22-25)16-10-19(28)27-20(24-16)15(12-23-27)18-7-8-21-26(18)4-2/h5-12,23H,3-4H2,1-2H3. The van der Waals surface area contributed by atoms with E-state index >= 15 is 0 Å². The predicted molar refractivity (Wildman–Crippen MR) is 107 cm³/mol. The molecule has 0 aliphatic carbocycles. The van der Waals surface area contributed by atoms with Crippen LogP contribution in [0.5, 0.6) is 0 Å². The molecular formula is C20H19N7O. The first-order chi connectivity index (χ1) is 13.7. The summed E-state index contributed by atoms with van der Waals surface area (Å²) in [5, 5.41) is 12.7. The molecule has 0 spiro atoms. The van der Waals surface area contributed by atoms with Crippen LogP contribution < -0.4 is 5.56 Å². The zero-order valence-electron chi connectivity index (χ0n) is 15.6. The summed E-state index contributed by atoms with van der Waals surface area (Å²) in [4.78, 5) is 17.5. The number of aromatic nitrogens is 7. The van der Waals surface area contributed by atoms with E-state index in [1.807, 2.05) is 46.7 Å². The van der Waals surface area contributed by atoms with E-state index in [1.165, 1.54) is 4.52 Å². The highest BCUT2D eigenvalue weighted by Crippen LogP contribution is 2.26. The lowest BCUT2D eigenvalue weighted by Gasteiger charge is -2.05. The third-order valence-corrected chi connectivity index (χ3v) is 5.03. The van der Waals surface area contributed by atoms with E-state index in [9.17, 15) is 4.79 Å². The first-order valence-corrected chi connectivity index (χ1v) is 9.29. The molecule has 8 heteroatoms. The van der Waals surface area contributed by atoms with Crippen molar-refractivity contribution in [2.24, 2.45) is 0 Å². The Hall–Kier alpha value is -3.68. The first kappa shape index (κ1) is 16.5. The molecule has 4 heterocycles. The number of rotatable bonds is 4. The Morgan fingerprint density at radius 2 is 1.89 bits per heavy atom. The molecule has 0 fully saturated rings. The maximum atomic E-state index is 12.7. The molecule has 0 radical (unpaired) electrons. The minimum atomic E-state index is -0.154. The van der Waals surface area contributed by atoms with Crippen LogP contribution in [0, 0.1) is 0 Å². The van der Waals surface area contributed by atoms with Crippen LogP contribution in [0.3, 0.4) is 0 Å². The second-order valence-corrected chi connectivity index (χ2v) is 6.59. The maximum absolute atomic E-state index is 12.7. The Balaban J connectivity index is 1.71. The number of nitrogens with zero attached hydrogens (tertiary/aromatic N) is 6. The van der Waals surface area contributed by atoms with E-state index in [4.69, 9.17) is 4.98 Å². The van der Waals surface area contributed by atoms with Crippen molar-refractivity contribution in [2.75, 3.05) is 0 Å². The van der Waals surface area contributed by atoms with Gasteiger partial charge in [0.1, 0.15) is 0 Å². The van der Waals surface area contributed by atoms with Gasteiger partial charge < -0.3 is 0 Å². The molecule has 0 bridgehead atoms. The molecule has 4 aromatic heterocycles. The van der Waals surface area contributed by atoms with Crippen LogP contribution in [0.1, 0.15) is 13.8 Å². The van der Waals surface area contributed by atoms with Crippen molar-refractivity contribution in [2.45, 2.75) is 26.9 Å². The highest BCUT2D eigenvalue weighted by Gasteiger charge is 2.15. The average molecular weight is 373 g/mol. The molecule has 0 saturated carbocycles. The number of benzene rings is 1. The normalized spacial score (nSPS) is 11.6. The van der Waals surface area contributed by atoms with Gasteiger partial charge in [-0.05, 0) is 32.0 Å². The van der Waals surface area contributed by atoms with E-state index in [0.29, 0.717) is 11.3 Å². The highest BCUT2D eigenvalue weighted by molar-refractivity contribution is 5.84. The van der Waals surface area contributed by atoms with Crippen LogP contribution in [0.4, 0.5) is 0 Å². The summed E-state index contributed by atoms with van der Waals surface area (Å²) >= 11 is 0. The van der Waals surface area contributed by atoms with E-state index in [-0.39, 0.29) is 5.56 Å². The fourth-order valence-electron chi connectivity index (χ4n) is 3.63. The topological polar surface area (TPSA) is 85.8 Å². The van der Waals surface area contributed by atoms with Crippen molar-refractivity contribution < 1.29 is 0 Å². The summed E-state index contributed by atoms with van der Waals surface area (Å²) in [7, 11) is 0. The number of aromatic amines is 1. The lowest BCUT2D eigenvalue weighted by Crippen LogP contribution is -2.14. The molecule has 0 aliphatic heterocycles. The second kappa shape index (κ2) is 6.19. The van der Waals surface area contributed by atoms with Crippen molar-refractivity contribution in [3.05, 3.63) is 59.3 Å². The average Bonchev–Trinajstić information content (AvgIpc) is 3.44. The highest BCUT2D eigenvalue weighted by atomic mass is 16.1. The number of hydrogen-bond acceptors (Lipinski definition) is 4. The van der Waals surface area contributed by atoms with Crippen molar-refractivity contribution in [1.82, 2.24) is 34.2 Å². The summed E-state index contributed by atoms with van der Waals surface area (Å²) in [5.41, 5.74) is 4.79. The molecule has 5 aromatic rings. The molecule has 0 atom stereocenters. The van der Waals surface area contributed by atoms with E-state index in [0.717, 1.165) is 40.8 Å². The quantitative estimate of drug-likeness (QED) is 0.525. The molecule has 0 unspecified atom stereocenters. The molecule has 5 rings (SSSR count). The molecule has 140 valence electrons. The van der Waals surface area contributed by atoms with Crippen molar-refractivity contribution in [3.8, 4) is 22.5 Å². The fraction of sp³-hybridized carbons (Fsp3) is 0.200. The fourth-order valence-corrected chi connectivity index (χ4v) is 3.63. The SMILES string of the molecule is CCn1nccc1-c1c[nH]n2c(=O)cc(-c3ccc4c(cnn4CC)c3)nc12. The predicted octanol–water partition coefficient (Wildman–Crippen LogP) is 2.94. The molecular weight excluding hydrogens is 354 g/mol. The zero-order chi connectivity index (χ0) is 19.3. The van der Waals surface area contributed by atoms with Crippen molar-refractivity contribution >= 4 is 16.6 Å². The van der Waals surface area contributed by atoms with Crippen LogP contribution in [-0.4, -0.2) is 34.2 Å². The number of nitrogens with one attached hydrogen (secondary N) is 1. The molecule has 0 aliphatic rings. The van der Waals surface area contributed by atoms with Gasteiger partial charge in [0.2, 0.25) is 0 Å². The minimum absolute atomic E-state index is 0.154. The smallest absolute Gasteiger partial charge is 0.273 e. The van der Waals surface area contributed by atoms with Gasteiger partial charge in [-0.2, -0.15) is 10.2 Å². The Bertz CT molecular complexity index is 1370. The summed E-state index contributed by atoms with van der Waals surface area (Å²) in [6, 6.07) is 9.51. The van der Waals surface area contributed by atoms with Crippen molar-refractivity contribution in [3.63, 3.8) is 0 Å². The Kier molecular flexibility index (Phi) is 3.65. The summed E-state index contributed by atoms with van der Waals surface area (Å²) in [6.45, 7) is 5.64. The van der Waals surface area contributed by atoms with E-state index in [2.05, 4.69) is 22.2 Å². The van der Waals surface area contributed by atoms with Gasteiger partial charge in [0, 0.05) is 42.5 Å². The number of hydrogen-bond donors (Lipinski definition) is 1. The summed E-state index contributed by atoms with van der Waals surface area (Å²) in [6.07, 6.45) is 5.39. The lowest BCUT2D eigenvalue weighted by atomic mass is 10.1. The molecule has 8 nitrogen and oxygen atoms in total. The first-order valence-electron chi connectivity index (χ1n) is 9.29. The number of aryl methyl sites for hydroxylation is 2. The molecule has 0 saturated heterocycles. The van der Waals surface area contributed by atoms with Gasteiger partial charge in [-0.3, -0.25) is 19.3 Å². The van der Waals surface area contributed by atoms with E-state index in [1.54, 1.807) is 18.5 Å². The maximum Gasteiger partial charge on any atom is 0.273 e. The second-order valence-electron chi connectivity index (χ2n) is 6.59. The Labute approximate surface area is 160 Å². The third kappa shape index (κ3) is 2.38. The third-order valence-electron chi connectivity index (χ3n) is 5.03. The van der Waals surface area contributed by atoms with Gasteiger partial charge in [0.25, 0.3) is 5.56 Å². The van der Waals surface area contributed by atoms with E-state index < -0.39 is 0 Å². The Morgan fingerprint density at radius 3 is 2.71 bits per heavy atom. The van der Waals surface area contributed by atoms with Crippen LogP contribution in [0.25, 0.3) is 39.1 Å². The monoisotopic (exact) mass is 373 g/mol. The van der Waals surface area contributed by atoms with Gasteiger partial charge in [0.15, 0.2) is 5.65 Å². The minimum Gasteiger partial charge on any atom is -0.296 e. The molecule has 28 heavy (non-hydrogen) atoms. The number of H-pyrrole nitrogens is 1. The van der Waals surface area contributed by atoms with Gasteiger partial charge in [-0.1, -0.05) is 6.07 Å².